The Kier molecular flexibility index (Phi) is 2.89. The van der Waals surface area contributed by atoms with E-state index in [2.05, 4.69) is 6.58 Å². The van der Waals surface area contributed by atoms with E-state index in [1.54, 1.807) is 6.08 Å². The summed E-state index contributed by atoms with van der Waals surface area (Å²) in [5, 5.41) is -0.398. The predicted octanol–water partition coefficient (Wildman–Crippen LogP) is 3.33. The summed E-state index contributed by atoms with van der Waals surface area (Å²) >= 11 is 5.44. The lowest BCUT2D eigenvalue weighted by Crippen LogP contribution is -1.98. The van der Waals surface area contributed by atoms with E-state index in [1.165, 1.54) is 0 Å². The molecule has 0 aliphatic carbocycles. The molecule has 1 aromatic carbocycles. The average Bonchev–Trinajstić information content (AvgIpc) is 2.02. The van der Waals surface area contributed by atoms with Crippen LogP contribution in [-0.4, -0.2) is 5.24 Å². The summed E-state index contributed by atoms with van der Waals surface area (Å²) in [6.07, 6.45) is 1.75. The van der Waals surface area contributed by atoms with Gasteiger partial charge in [-0.05, 0) is 42.1 Å². The second kappa shape index (κ2) is 3.75. The van der Waals surface area contributed by atoms with Crippen molar-refractivity contribution in [2.24, 2.45) is 0 Å². The minimum atomic E-state index is -0.398. The summed E-state index contributed by atoms with van der Waals surface area (Å²) in [6, 6.07) is 3.80. The first-order valence-corrected chi connectivity index (χ1v) is 4.37. The van der Waals surface area contributed by atoms with Crippen LogP contribution in [0, 0.1) is 13.8 Å². The third-order valence-corrected chi connectivity index (χ3v) is 2.18. The van der Waals surface area contributed by atoms with E-state index >= 15 is 0 Å². The van der Waals surface area contributed by atoms with E-state index in [0.717, 1.165) is 16.7 Å². The molecule has 0 bridgehead atoms. The van der Waals surface area contributed by atoms with Gasteiger partial charge >= 0.3 is 0 Å². The molecule has 0 atom stereocenters. The Labute approximate surface area is 83.0 Å². The van der Waals surface area contributed by atoms with Gasteiger partial charge in [-0.3, -0.25) is 4.79 Å². The Morgan fingerprint density at radius 2 is 1.85 bits per heavy atom. The normalized spacial score (nSPS) is 9.77. The number of hydrogen-bond acceptors (Lipinski definition) is 1. The third-order valence-electron chi connectivity index (χ3n) is 1.99. The number of carbonyl (C=O) groups is 1. The summed E-state index contributed by atoms with van der Waals surface area (Å²) in [4.78, 5) is 11.0. The summed E-state index contributed by atoms with van der Waals surface area (Å²) in [5.41, 5.74) is 3.41. The van der Waals surface area contributed by atoms with Crippen molar-refractivity contribution in [1.29, 1.82) is 0 Å². The number of aryl methyl sites for hydroxylation is 2. The standard InChI is InChI=1S/C11H11ClO/c1-4-9-5-7(2)10(11(12)13)8(3)6-9/h4-6H,1H2,2-3H3. The van der Waals surface area contributed by atoms with E-state index in [9.17, 15) is 4.79 Å². The predicted molar refractivity (Wildman–Crippen MR) is 56.2 cm³/mol. The largest absolute Gasteiger partial charge is 0.276 e. The van der Waals surface area contributed by atoms with Crippen LogP contribution in [0.4, 0.5) is 0 Å². The van der Waals surface area contributed by atoms with Crippen molar-refractivity contribution in [1.82, 2.24) is 0 Å². The number of rotatable bonds is 2. The second-order valence-corrected chi connectivity index (χ2v) is 3.35. The molecule has 0 radical (unpaired) electrons. The van der Waals surface area contributed by atoms with Crippen molar-refractivity contribution in [2.75, 3.05) is 0 Å². The highest BCUT2D eigenvalue weighted by atomic mass is 35.5. The quantitative estimate of drug-likeness (QED) is 0.661. The molecule has 13 heavy (non-hydrogen) atoms. The Bertz CT molecular complexity index is 343. The summed E-state index contributed by atoms with van der Waals surface area (Å²) in [7, 11) is 0. The fourth-order valence-corrected chi connectivity index (χ4v) is 1.72. The molecule has 0 amide bonds. The zero-order chi connectivity index (χ0) is 10.0. The molecule has 68 valence electrons. The minimum absolute atomic E-state index is 0.398. The number of benzene rings is 1. The Hall–Kier alpha value is -1.08. The van der Waals surface area contributed by atoms with Crippen molar-refractivity contribution in [3.63, 3.8) is 0 Å². The molecule has 0 spiro atoms. The average molecular weight is 195 g/mol. The van der Waals surface area contributed by atoms with E-state index < -0.39 is 5.24 Å². The Morgan fingerprint density at radius 1 is 1.38 bits per heavy atom. The van der Waals surface area contributed by atoms with Crippen molar-refractivity contribution < 1.29 is 4.79 Å². The minimum Gasteiger partial charge on any atom is -0.276 e. The highest BCUT2D eigenvalue weighted by molar-refractivity contribution is 6.68. The van der Waals surface area contributed by atoms with Gasteiger partial charge in [0.05, 0.1) is 0 Å². The van der Waals surface area contributed by atoms with Crippen molar-refractivity contribution in [3.8, 4) is 0 Å². The van der Waals surface area contributed by atoms with Crippen LogP contribution in [0.5, 0.6) is 0 Å². The first-order valence-electron chi connectivity index (χ1n) is 3.99. The van der Waals surface area contributed by atoms with Crippen molar-refractivity contribution in [3.05, 3.63) is 41.0 Å². The smallest absolute Gasteiger partial charge is 0.252 e. The van der Waals surface area contributed by atoms with E-state index in [4.69, 9.17) is 11.6 Å². The number of halogens is 1. The van der Waals surface area contributed by atoms with Gasteiger partial charge in [-0.2, -0.15) is 0 Å². The molecule has 0 aliphatic heterocycles. The van der Waals surface area contributed by atoms with Gasteiger partial charge in [0.15, 0.2) is 0 Å². The van der Waals surface area contributed by atoms with E-state index in [0.29, 0.717) is 5.56 Å². The summed E-state index contributed by atoms with van der Waals surface area (Å²) in [5.74, 6) is 0. The lowest BCUT2D eigenvalue weighted by atomic mass is 10.0. The lowest BCUT2D eigenvalue weighted by molar-refractivity contribution is 0.108. The van der Waals surface area contributed by atoms with Gasteiger partial charge < -0.3 is 0 Å². The maximum absolute atomic E-state index is 11.0. The molecule has 0 N–H and O–H groups in total. The molecule has 0 aliphatic rings. The molecule has 0 saturated heterocycles. The van der Waals surface area contributed by atoms with Gasteiger partial charge in [0, 0.05) is 5.56 Å². The third kappa shape index (κ3) is 1.99. The SMILES string of the molecule is C=Cc1cc(C)c(C(=O)Cl)c(C)c1. The van der Waals surface area contributed by atoms with Gasteiger partial charge in [0.25, 0.3) is 5.24 Å². The topological polar surface area (TPSA) is 17.1 Å². The molecule has 1 aromatic rings. The zero-order valence-corrected chi connectivity index (χ0v) is 8.48. The molecule has 0 unspecified atom stereocenters. The fraction of sp³-hybridized carbons (Fsp3) is 0.182. The van der Waals surface area contributed by atoms with Crippen LogP contribution in [0.25, 0.3) is 6.08 Å². The van der Waals surface area contributed by atoms with Crippen LogP contribution in [0.3, 0.4) is 0 Å². The molecule has 2 heteroatoms. The molecule has 1 nitrogen and oxygen atoms in total. The molecular weight excluding hydrogens is 184 g/mol. The van der Waals surface area contributed by atoms with Crippen molar-refractivity contribution in [2.45, 2.75) is 13.8 Å². The van der Waals surface area contributed by atoms with E-state index in [-0.39, 0.29) is 0 Å². The number of carbonyl (C=O) groups excluding carboxylic acids is 1. The van der Waals surface area contributed by atoms with Crippen LogP contribution in [0.15, 0.2) is 18.7 Å². The zero-order valence-electron chi connectivity index (χ0n) is 7.73. The van der Waals surface area contributed by atoms with Crippen LogP contribution in [0.2, 0.25) is 0 Å². The van der Waals surface area contributed by atoms with Crippen LogP contribution in [-0.2, 0) is 0 Å². The molecule has 1 rings (SSSR count). The lowest BCUT2D eigenvalue weighted by Gasteiger charge is -2.06. The second-order valence-electron chi connectivity index (χ2n) is 3.01. The summed E-state index contributed by atoms with van der Waals surface area (Å²) in [6.45, 7) is 7.41. The molecule has 0 aromatic heterocycles. The van der Waals surface area contributed by atoms with E-state index in [1.807, 2.05) is 26.0 Å². The number of hydrogen-bond donors (Lipinski definition) is 0. The molecule has 0 fully saturated rings. The van der Waals surface area contributed by atoms with Crippen molar-refractivity contribution >= 4 is 22.9 Å². The van der Waals surface area contributed by atoms with Crippen LogP contribution < -0.4 is 0 Å². The van der Waals surface area contributed by atoms with Gasteiger partial charge in [0.1, 0.15) is 0 Å². The Morgan fingerprint density at radius 3 is 2.15 bits per heavy atom. The summed E-state index contributed by atoms with van der Waals surface area (Å²) < 4.78 is 0. The van der Waals surface area contributed by atoms with Gasteiger partial charge in [-0.1, -0.05) is 24.8 Å². The molecule has 0 heterocycles. The van der Waals surface area contributed by atoms with Gasteiger partial charge in [-0.15, -0.1) is 0 Å². The van der Waals surface area contributed by atoms with Crippen LogP contribution in [0.1, 0.15) is 27.0 Å². The van der Waals surface area contributed by atoms with Gasteiger partial charge in [-0.25, -0.2) is 0 Å². The highest BCUT2D eigenvalue weighted by Crippen LogP contribution is 2.19. The highest BCUT2D eigenvalue weighted by Gasteiger charge is 2.09. The first kappa shape index (κ1) is 10.0. The monoisotopic (exact) mass is 194 g/mol. The maximum atomic E-state index is 11.0. The molecule has 0 saturated carbocycles. The molecular formula is C11H11ClO. The van der Waals surface area contributed by atoms with Crippen LogP contribution >= 0.6 is 11.6 Å². The fourth-order valence-electron chi connectivity index (χ4n) is 1.42. The Balaban J connectivity index is 3.39. The first-order chi connectivity index (χ1) is 6.06. The van der Waals surface area contributed by atoms with Gasteiger partial charge in [0.2, 0.25) is 0 Å². The maximum Gasteiger partial charge on any atom is 0.252 e.